The van der Waals surface area contributed by atoms with E-state index in [0.717, 1.165) is 0 Å². The van der Waals surface area contributed by atoms with Crippen LogP contribution >= 0.6 is 10.7 Å². The first-order chi connectivity index (χ1) is 14.1. The van der Waals surface area contributed by atoms with E-state index >= 15 is 0 Å². The van der Waals surface area contributed by atoms with Gasteiger partial charge in [0.15, 0.2) is 14.4 Å². The van der Waals surface area contributed by atoms with Crippen LogP contribution in [0.4, 0.5) is 0 Å². The van der Waals surface area contributed by atoms with Crippen molar-refractivity contribution in [3.63, 3.8) is 0 Å². The molecule has 144 valence electrons. The number of hydrogen-bond acceptors (Lipinski definition) is 1. The van der Waals surface area contributed by atoms with Crippen molar-refractivity contribution in [3.05, 3.63) is 121 Å². The predicted octanol–water partition coefficient (Wildman–Crippen LogP) is 4.50. The molecule has 0 saturated carbocycles. The third-order valence-electron chi connectivity index (χ3n) is 5.71. The third kappa shape index (κ3) is 4.04. The highest BCUT2D eigenvalue weighted by atomic mass is 32.5. The van der Waals surface area contributed by atoms with Crippen molar-refractivity contribution in [1.82, 2.24) is 0 Å². The molecule has 0 unspecified atom stereocenters. The normalized spacial score (nSPS) is 11.9. The maximum absolute atomic E-state index is 2.53. The lowest BCUT2D eigenvalue weighted by Gasteiger charge is -2.38. The highest BCUT2D eigenvalue weighted by Gasteiger charge is 2.44. The van der Waals surface area contributed by atoms with E-state index < -0.39 is 14.4 Å². The average molecular weight is 427 g/mol. The topological polar surface area (TPSA) is 0 Å². The molecule has 0 aliphatic rings. The van der Waals surface area contributed by atoms with Crippen LogP contribution in [0.15, 0.2) is 121 Å². The van der Waals surface area contributed by atoms with Gasteiger partial charge in [0, 0.05) is 0 Å². The van der Waals surface area contributed by atoms with Gasteiger partial charge in [0.1, 0.15) is 0 Å². The Kier molecular flexibility index (Phi) is 5.90. The van der Waals surface area contributed by atoms with Crippen LogP contribution < -0.4 is 20.7 Å². The van der Waals surface area contributed by atoms with Gasteiger partial charge < -0.3 is 0 Å². The summed E-state index contributed by atoms with van der Waals surface area (Å²) in [6.07, 6.45) is 0. The summed E-state index contributed by atoms with van der Waals surface area (Å²) in [4.78, 5) is 0. The van der Waals surface area contributed by atoms with Crippen LogP contribution in [0.5, 0.6) is 0 Å². The summed E-state index contributed by atoms with van der Waals surface area (Å²) >= 11 is 0. The van der Waals surface area contributed by atoms with Gasteiger partial charge in [-0.3, -0.25) is 0 Å². The fourth-order valence-electron chi connectivity index (χ4n) is 4.00. The number of hydrogen-bond donors (Lipinski definition) is 0. The molecular formula is C26H26SSi2. The van der Waals surface area contributed by atoms with Gasteiger partial charge in [0.2, 0.25) is 0 Å². The van der Waals surface area contributed by atoms with Crippen molar-refractivity contribution in [2.45, 2.75) is 13.1 Å². The van der Waals surface area contributed by atoms with E-state index in [1.807, 2.05) is 0 Å². The minimum absolute atomic E-state index is 1.49. The van der Waals surface area contributed by atoms with Crippen molar-refractivity contribution >= 4 is 45.9 Å². The molecule has 4 rings (SSSR count). The summed E-state index contributed by atoms with van der Waals surface area (Å²) in [7, 11) is -1.76. The molecule has 0 aromatic heterocycles. The van der Waals surface area contributed by atoms with Crippen molar-refractivity contribution in [3.8, 4) is 0 Å². The van der Waals surface area contributed by atoms with Crippen LogP contribution in [0.2, 0.25) is 13.1 Å². The molecule has 0 N–H and O–H groups in total. The maximum atomic E-state index is 2.53. The highest BCUT2D eigenvalue weighted by Crippen LogP contribution is 2.31. The van der Waals surface area contributed by atoms with Crippen molar-refractivity contribution in [2.75, 3.05) is 0 Å². The van der Waals surface area contributed by atoms with Crippen molar-refractivity contribution in [2.24, 2.45) is 0 Å². The van der Waals surface area contributed by atoms with Gasteiger partial charge in [-0.2, -0.15) is 10.7 Å². The Morgan fingerprint density at radius 2 is 0.586 bits per heavy atom. The second kappa shape index (κ2) is 8.58. The number of benzene rings is 4. The molecule has 0 fully saturated rings. The molecule has 0 saturated heterocycles. The highest BCUT2D eigenvalue weighted by molar-refractivity contribution is 8.53. The van der Waals surface area contributed by atoms with E-state index in [2.05, 4.69) is 145 Å². The maximum Gasteiger partial charge on any atom is 0.169 e. The Morgan fingerprint density at radius 3 is 0.793 bits per heavy atom. The monoisotopic (exact) mass is 426 g/mol. The summed E-state index contributed by atoms with van der Waals surface area (Å²) in [5, 5.41) is 5.95. The summed E-state index contributed by atoms with van der Waals surface area (Å²) in [6.45, 7) is 5.05. The molecule has 0 atom stereocenters. The Labute approximate surface area is 180 Å². The van der Waals surface area contributed by atoms with E-state index in [9.17, 15) is 0 Å². The Hall–Kier alpha value is -2.34. The van der Waals surface area contributed by atoms with E-state index in [0.29, 0.717) is 0 Å². The molecule has 0 heterocycles. The first-order valence-electron chi connectivity index (χ1n) is 10.1. The van der Waals surface area contributed by atoms with E-state index in [-0.39, 0.29) is 0 Å². The minimum atomic E-state index is -2.02. The molecule has 0 aliphatic carbocycles. The van der Waals surface area contributed by atoms with Crippen LogP contribution in [0, 0.1) is 0 Å². The molecule has 4 aromatic carbocycles. The molecule has 4 aromatic rings. The Morgan fingerprint density at radius 1 is 0.379 bits per heavy atom. The van der Waals surface area contributed by atoms with Crippen LogP contribution in [0.25, 0.3) is 0 Å². The summed E-state index contributed by atoms with van der Waals surface area (Å²) < 4.78 is 0. The van der Waals surface area contributed by atoms with Gasteiger partial charge in [-0.15, -0.1) is 0 Å². The molecular weight excluding hydrogens is 401 g/mol. The fourth-order valence-corrected chi connectivity index (χ4v) is 26.4. The van der Waals surface area contributed by atoms with Crippen LogP contribution in [0.3, 0.4) is 0 Å². The van der Waals surface area contributed by atoms with Gasteiger partial charge in [-0.1, -0.05) is 134 Å². The zero-order chi connectivity index (χ0) is 20.2. The second-order valence-corrected chi connectivity index (χ2v) is 21.6. The quantitative estimate of drug-likeness (QED) is 0.409. The van der Waals surface area contributed by atoms with Crippen LogP contribution in [0.1, 0.15) is 0 Å². The number of rotatable bonds is 6. The molecule has 0 aliphatic heterocycles. The fraction of sp³-hybridized carbons (Fsp3) is 0.0769. The minimum Gasteiger partial charge on any atom is -0.186 e. The summed E-state index contributed by atoms with van der Waals surface area (Å²) in [5.41, 5.74) is 0. The Bertz CT molecular complexity index is 869. The molecule has 3 heteroatoms. The smallest absolute Gasteiger partial charge is 0.169 e. The molecule has 0 nitrogen and oxygen atoms in total. The molecule has 0 amide bonds. The van der Waals surface area contributed by atoms with Crippen molar-refractivity contribution < 1.29 is 0 Å². The van der Waals surface area contributed by atoms with Gasteiger partial charge >= 0.3 is 0 Å². The first kappa shape index (κ1) is 20.0. The molecule has 0 spiro atoms. The lowest BCUT2D eigenvalue weighted by atomic mass is 10.4. The molecule has 29 heavy (non-hydrogen) atoms. The van der Waals surface area contributed by atoms with Crippen molar-refractivity contribution in [1.29, 1.82) is 0 Å². The van der Waals surface area contributed by atoms with Crippen LogP contribution in [-0.2, 0) is 0 Å². The SMILES string of the molecule is C[Si](S[Si](C)(c1ccccc1)c1ccccc1)(c1ccccc1)c1ccccc1. The second-order valence-electron chi connectivity index (χ2n) is 7.63. The van der Waals surface area contributed by atoms with Gasteiger partial charge in [0.05, 0.1) is 0 Å². The largest absolute Gasteiger partial charge is 0.186 e. The molecule has 0 bridgehead atoms. The third-order valence-corrected chi connectivity index (χ3v) is 24.9. The first-order valence-corrected chi connectivity index (χ1v) is 17.3. The zero-order valence-electron chi connectivity index (χ0n) is 17.0. The lowest BCUT2D eigenvalue weighted by Crippen LogP contribution is -2.63. The summed E-state index contributed by atoms with van der Waals surface area (Å²) in [6, 6.07) is 44.6. The van der Waals surface area contributed by atoms with Gasteiger partial charge in [0.25, 0.3) is 0 Å². The van der Waals surface area contributed by atoms with E-state index in [1.165, 1.54) is 20.7 Å². The summed E-state index contributed by atoms with van der Waals surface area (Å²) in [5.74, 6) is 0. The zero-order valence-corrected chi connectivity index (χ0v) is 19.8. The molecule has 0 radical (unpaired) electrons. The standard InChI is InChI=1S/C26H26SSi2/c1-28(23-15-7-3-8-16-23,24-17-9-4-10-18-24)27-29(2,25-19-11-5-12-20-25)26-21-13-6-14-22-26/h3-22H,1-2H3. The predicted molar refractivity (Wildman–Crippen MR) is 135 cm³/mol. The van der Waals surface area contributed by atoms with E-state index in [1.54, 1.807) is 0 Å². The Balaban J connectivity index is 1.91. The van der Waals surface area contributed by atoms with Gasteiger partial charge in [-0.05, 0) is 20.7 Å². The lowest BCUT2D eigenvalue weighted by molar-refractivity contribution is 1.71. The van der Waals surface area contributed by atoms with Gasteiger partial charge in [-0.25, -0.2) is 0 Å². The van der Waals surface area contributed by atoms with Crippen LogP contribution in [-0.4, -0.2) is 14.4 Å². The average Bonchev–Trinajstić information content (AvgIpc) is 2.81. The van der Waals surface area contributed by atoms with E-state index in [4.69, 9.17) is 0 Å².